The van der Waals surface area contributed by atoms with Crippen molar-refractivity contribution < 1.29 is 17.9 Å². The van der Waals surface area contributed by atoms with Crippen LogP contribution >= 0.6 is 0 Å². The Balaban J connectivity index is 2.32. The van der Waals surface area contributed by atoms with E-state index in [0.29, 0.717) is 18.7 Å². The number of sulfonamides is 1. The predicted molar refractivity (Wildman–Crippen MR) is 92.8 cm³/mol. The Morgan fingerprint density at radius 1 is 1.33 bits per heavy atom. The van der Waals surface area contributed by atoms with Crippen molar-refractivity contribution in [1.29, 1.82) is 0 Å². The Morgan fingerprint density at radius 3 is 2.58 bits per heavy atom. The monoisotopic (exact) mass is 354 g/mol. The predicted octanol–water partition coefficient (Wildman–Crippen LogP) is 2.40. The van der Waals surface area contributed by atoms with Crippen LogP contribution in [0.25, 0.3) is 0 Å². The Morgan fingerprint density at radius 2 is 2.00 bits per heavy atom. The summed E-state index contributed by atoms with van der Waals surface area (Å²) in [5.41, 5.74) is 0.330. The first kappa shape index (κ1) is 18.7. The SMILES string of the molecule is CCC[C@H](C)NC(=O)c1ccc(OC)c(S(=O)(=O)N2CCCC2)c1. The molecule has 0 bridgehead atoms. The standard InChI is InChI=1S/C17H26N2O4S/c1-4-7-13(2)18-17(20)14-8-9-15(23-3)16(12-14)24(21,22)19-10-5-6-11-19/h8-9,12-13H,4-7,10-11H2,1-3H3,(H,18,20)/t13-/m0/s1. The van der Waals surface area contributed by atoms with Gasteiger partial charge in [0.1, 0.15) is 10.6 Å². The summed E-state index contributed by atoms with van der Waals surface area (Å²) in [7, 11) is -2.22. The van der Waals surface area contributed by atoms with E-state index in [2.05, 4.69) is 12.2 Å². The molecule has 1 aliphatic rings. The maximum atomic E-state index is 12.8. The molecule has 0 unspecified atom stereocenters. The summed E-state index contributed by atoms with van der Waals surface area (Å²) >= 11 is 0. The lowest BCUT2D eigenvalue weighted by Gasteiger charge is -2.19. The number of benzene rings is 1. The fraction of sp³-hybridized carbons (Fsp3) is 0.588. The number of hydrogen-bond acceptors (Lipinski definition) is 4. The molecule has 1 atom stereocenters. The molecule has 1 heterocycles. The van der Waals surface area contributed by atoms with Crippen molar-refractivity contribution in [3.63, 3.8) is 0 Å². The van der Waals surface area contributed by atoms with E-state index in [0.717, 1.165) is 25.7 Å². The van der Waals surface area contributed by atoms with Gasteiger partial charge in [0.25, 0.3) is 5.91 Å². The third-order valence-corrected chi connectivity index (χ3v) is 6.13. The van der Waals surface area contributed by atoms with Gasteiger partial charge in [-0.25, -0.2) is 8.42 Å². The lowest BCUT2D eigenvalue weighted by atomic mass is 10.1. The van der Waals surface area contributed by atoms with E-state index in [-0.39, 0.29) is 22.6 Å². The molecule has 1 aliphatic heterocycles. The number of nitrogens with zero attached hydrogens (tertiary/aromatic N) is 1. The highest BCUT2D eigenvalue weighted by molar-refractivity contribution is 7.89. The van der Waals surface area contributed by atoms with Crippen molar-refractivity contribution in [1.82, 2.24) is 9.62 Å². The van der Waals surface area contributed by atoms with Gasteiger partial charge in [-0.05, 0) is 44.4 Å². The van der Waals surface area contributed by atoms with Crippen molar-refractivity contribution in [2.75, 3.05) is 20.2 Å². The highest BCUT2D eigenvalue weighted by Crippen LogP contribution is 2.29. The minimum absolute atomic E-state index is 0.0447. The largest absolute Gasteiger partial charge is 0.495 e. The van der Waals surface area contributed by atoms with E-state index in [1.807, 2.05) is 6.92 Å². The molecular formula is C17H26N2O4S. The second-order valence-corrected chi connectivity index (χ2v) is 8.05. The maximum absolute atomic E-state index is 12.8. The van der Waals surface area contributed by atoms with E-state index in [1.54, 1.807) is 12.1 Å². The van der Waals surface area contributed by atoms with Gasteiger partial charge in [0.05, 0.1) is 7.11 Å². The summed E-state index contributed by atoms with van der Waals surface area (Å²) in [6.45, 7) is 5.01. The maximum Gasteiger partial charge on any atom is 0.251 e. The molecule has 0 spiro atoms. The Labute approximate surface area is 144 Å². The minimum Gasteiger partial charge on any atom is -0.495 e. The van der Waals surface area contributed by atoms with Gasteiger partial charge in [0, 0.05) is 24.7 Å². The molecule has 1 amide bonds. The first-order valence-corrected chi connectivity index (χ1v) is 9.83. The van der Waals surface area contributed by atoms with E-state index in [4.69, 9.17) is 4.74 Å². The molecule has 0 saturated carbocycles. The van der Waals surface area contributed by atoms with Crippen LogP contribution in [0.15, 0.2) is 23.1 Å². The smallest absolute Gasteiger partial charge is 0.251 e. The fourth-order valence-corrected chi connectivity index (χ4v) is 4.60. The summed E-state index contributed by atoms with van der Waals surface area (Å²) in [5.74, 6) is -0.00321. The molecule has 6 nitrogen and oxygen atoms in total. The summed E-state index contributed by atoms with van der Waals surface area (Å²) in [6, 6.07) is 4.60. The zero-order valence-corrected chi connectivity index (χ0v) is 15.4. The molecule has 0 radical (unpaired) electrons. The summed E-state index contributed by atoms with van der Waals surface area (Å²) in [6.07, 6.45) is 3.56. The van der Waals surface area contributed by atoms with Crippen molar-refractivity contribution >= 4 is 15.9 Å². The number of hydrogen-bond donors (Lipinski definition) is 1. The zero-order chi connectivity index (χ0) is 17.7. The molecule has 2 rings (SSSR count). The molecule has 134 valence electrons. The van der Waals surface area contributed by atoms with Crippen LogP contribution in [-0.2, 0) is 10.0 Å². The highest BCUT2D eigenvalue weighted by Gasteiger charge is 2.30. The highest BCUT2D eigenvalue weighted by atomic mass is 32.2. The molecule has 0 aromatic heterocycles. The molecular weight excluding hydrogens is 328 g/mol. The third-order valence-electron chi connectivity index (χ3n) is 4.21. The molecule has 7 heteroatoms. The van der Waals surface area contributed by atoms with Crippen LogP contribution in [0.3, 0.4) is 0 Å². The van der Waals surface area contributed by atoms with Crippen LogP contribution in [0.2, 0.25) is 0 Å². The van der Waals surface area contributed by atoms with E-state index in [9.17, 15) is 13.2 Å². The van der Waals surface area contributed by atoms with Crippen LogP contribution < -0.4 is 10.1 Å². The van der Waals surface area contributed by atoms with Gasteiger partial charge in [-0.2, -0.15) is 4.31 Å². The quantitative estimate of drug-likeness (QED) is 0.816. The number of nitrogens with one attached hydrogen (secondary N) is 1. The Kier molecular flexibility index (Phi) is 6.23. The normalized spacial score (nSPS) is 16.8. The number of rotatable bonds is 7. The van der Waals surface area contributed by atoms with Crippen LogP contribution in [0, 0.1) is 0 Å². The Hall–Kier alpha value is -1.60. The van der Waals surface area contributed by atoms with Crippen molar-refractivity contribution in [2.45, 2.75) is 50.5 Å². The summed E-state index contributed by atoms with van der Waals surface area (Å²) in [5, 5.41) is 2.89. The van der Waals surface area contributed by atoms with Crippen molar-refractivity contribution in [3.8, 4) is 5.75 Å². The van der Waals surface area contributed by atoms with Gasteiger partial charge >= 0.3 is 0 Å². The van der Waals surface area contributed by atoms with Gasteiger partial charge in [-0.15, -0.1) is 0 Å². The average molecular weight is 354 g/mol. The van der Waals surface area contributed by atoms with Gasteiger partial charge in [-0.3, -0.25) is 4.79 Å². The third kappa shape index (κ3) is 4.08. The second-order valence-electron chi connectivity index (χ2n) is 6.14. The van der Waals surface area contributed by atoms with E-state index >= 15 is 0 Å². The Bertz CT molecular complexity index is 682. The lowest BCUT2D eigenvalue weighted by molar-refractivity contribution is 0.0938. The molecule has 1 aromatic rings. The lowest BCUT2D eigenvalue weighted by Crippen LogP contribution is -2.33. The van der Waals surface area contributed by atoms with Gasteiger partial charge < -0.3 is 10.1 Å². The second kappa shape index (κ2) is 7.98. The molecule has 1 saturated heterocycles. The van der Waals surface area contributed by atoms with Gasteiger partial charge in [0.15, 0.2) is 0 Å². The van der Waals surface area contributed by atoms with Crippen LogP contribution in [0.5, 0.6) is 5.75 Å². The fourth-order valence-electron chi connectivity index (χ4n) is 2.90. The van der Waals surface area contributed by atoms with Crippen LogP contribution in [0.1, 0.15) is 49.9 Å². The van der Waals surface area contributed by atoms with E-state index < -0.39 is 10.0 Å². The van der Waals surface area contributed by atoms with Crippen molar-refractivity contribution in [3.05, 3.63) is 23.8 Å². The van der Waals surface area contributed by atoms with E-state index in [1.165, 1.54) is 17.5 Å². The molecule has 1 fully saturated rings. The number of amides is 1. The molecule has 24 heavy (non-hydrogen) atoms. The summed E-state index contributed by atoms with van der Waals surface area (Å²) < 4.78 is 32.3. The first-order valence-electron chi connectivity index (χ1n) is 8.39. The van der Waals surface area contributed by atoms with Gasteiger partial charge in [0.2, 0.25) is 10.0 Å². The molecule has 1 aromatic carbocycles. The number of carbonyl (C=O) groups excluding carboxylic acids is 1. The van der Waals surface area contributed by atoms with Crippen molar-refractivity contribution in [2.24, 2.45) is 0 Å². The first-order chi connectivity index (χ1) is 11.4. The average Bonchev–Trinajstić information content (AvgIpc) is 3.09. The summed E-state index contributed by atoms with van der Waals surface area (Å²) in [4.78, 5) is 12.4. The number of carbonyl (C=O) groups is 1. The minimum atomic E-state index is -3.65. The van der Waals surface area contributed by atoms with Crippen LogP contribution in [0.4, 0.5) is 0 Å². The number of methoxy groups -OCH3 is 1. The number of ether oxygens (including phenoxy) is 1. The molecule has 0 aliphatic carbocycles. The topological polar surface area (TPSA) is 75.7 Å². The van der Waals surface area contributed by atoms with Crippen LogP contribution in [-0.4, -0.2) is 44.9 Å². The molecule has 1 N–H and O–H groups in total. The zero-order valence-electron chi connectivity index (χ0n) is 14.5. The van der Waals surface area contributed by atoms with Gasteiger partial charge in [-0.1, -0.05) is 13.3 Å².